The minimum atomic E-state index is -0.531. The number of hydrogen-bond acceptors (Lipinski definition) is 5. The first-order valence-corrected chi connectivity index (χ1v) is 10.7. The molecule has 3 aromatic rings. The number of thioether (sulfide) groups is 1. The first-order chi connectivity index (χ1) is 15.5. The van der Waals surface area contributed by atoms with Crippen LogP contribution in [0.25, 0.3) is 17.4 Å². The molecule has 0 saturated carbocycles. The average molecular weight is 465 g/mol. The molecule has 1 aromatic heterocycles. The molecule has 0 aliphatic carbocycles. The molecule has 0 atom stereocenters. The van der Waals surface area contributed by atoms with E-state index in [1.54, 1.807) is 36.4 Å². The molecule has 32 heavy (non-hydrogen) atoms. The van der Waals surface area contributed by atoms with Gasteiger partial charge in [-0.15, -0.1) is 0 Å². The zero-order valence-corrected chi connectivity index (χ0v) is 18.0. The van der Waals surface area contributed by atoms with E-state index in [4.69, 9.17) is 21.4 Å². The SMILES string of the molecule is N=C1C(=Cc2ccc(-c3ccc(F)cc3)o2)C(=O)N=C2SC(Cc3ccc(Cl)cc3)=NN12. The molecule has 0 saturated heterocycles. The Kier molecular flexibility index (Phi) is 5.24. The number of hydrogen-bond donors (Lipinski definition) is 1. The van der Waals surface area contributed by atoms with Crippen LogP contribution in [0.4, 0.5) is 4.39 Å². The summed E-state index contributed by atoms with van der Waals surface area (Å²) < 4.78 is 18.9. The molecule has 5 rings (SSSR count). The third-order valence-electron chi connectivity index (χ3n) is 4.81. The quantitative estimate of drug-likeness (QED) is 0.509. The van der Waals surface area contributed by atoms with E-state index < -0.39 is 5.91 Å². The van der Waals surface area contributed by atoms with Gasteiger partial charge in [-0.2, -0.15) is 15.1 Å². The van der Waals surface area contributed by atoms with Gasteiger partial charge in [-0.1, -0.05) is 23.7 Å². The highest BCUT2D eigenvalue weighted by molar-refractivity contribution is 8.26. The molecular formula is C23H14ClFN4O2S. The Hall–Kier alpha value is -3.49. The van der Waals surface area contributed by atoms with Gasteiger partial charge in [-0.3, -0.25) is 10.2 Å². The van der Waals surface area contributed by atoms with E-state index >= 15 is 0 Å². The Bertz CT molecular complexity index is 1330. The molecule has 0 spiro atoms. The Morgan fingerprint density at radius 3 is 2.59 bits per heavy atom. The number of aliphatic imine (C=N–C) groups is 1. The Labute approximate surface area is 191 Å². The monoisotopic (exact) mass is 464 g/mol. The zero-order chi connectivity index (χ0) is 22.2. The van der Waals surface area contributed by atoms with Gasteiger partial charge in [0.2, 0.25) is 5.17 Å². The maximum atomic E-state index is 13.1. The second-order valence-electron chi connectivity index (χ2n) is 7.03. The number of rotatable bonds is 4. The van der Waals surface area contributed by atoms with E-state index in [2.05, 4.69) is 10.1 Å². The molecular weight excluding hydrogens is 451 g/mol. The number of carbonyl (C=O) groups is 1. The van der Waals surface area contributed by atoms with E-state index in [9.17, 15) is 9.18 Å². The molecule has 1 amide bonds. The van der Waals surface area contributed by atoms with Crippen molar-refractivity contribution in [2.24, 2.45) is 10.1 Å². The van der Waals surface area contributed by atoms with Crippen LogP contribution in [-0.4, -0.2) is 27.0 Å². The average Bonchev–Trinajstić information content (AvgIpc) is 3.40. The standard InChI is InChI=1S/C23H14ClFN4O2S/c24-15-5-1-13(2-6-15)11-20-28-29-21(26)18(22(30)27-23(29)32-20)12-17-9-10-19(31-17)14-3-7-16(25)8-4-14/h1-10,12,26H,11H2. The highest BCUT2D eigenvalue weighted by Crippen LogP contribution is 2.30. The lowest BCUT2D eigenvalue weighted by molar-refractivity contribution is -0.114. The topological polar surface area (TPSA) is 82.0 Å². The van der Waals surface area contributed by atoms with Crippen LogP contribution in [-0.2, 0) is 11.2 Å². The highest BCUT2D eigenvalue weighted by atomic mass is 35.5. The first kappa shape index (κ1) is 20.4. The molecule has 2 aliphatic rings. The number of benzene rings is 2. The van der Waals surface area contributed by atoms with Gasteiger partial charge < -0.3 is 4.42 Å². The third-order valence-corrected chi connectivity index (χ3v) is 5.97. The van der Waals surface area contributed by atoms with E-state index in [-0.39, 0.29) is 17.2 Å². The summed E-state index contributed by atoms with van der Waals surface area (Å²) in [6.07, 6.45) is 2.01. The highest BCUT2D eigenvalue weighted by Gasteiger charge is 2.35. The predicted molar refractivity (Wildman–Crippen MR) is 124 cm³/mol. The van der Waals surface area contributed by atoms with Crippen molar-refractivity contribution in [3.8, 4) is 11.3 Å². The van der Waals surface area contributed by atoms with Gasteiger partial charge in [-0.05, 0) is 71.9 Å². The van der Waals surface area contributed by atoms with Crippen LogP contribution in [0.15, 0.2) is 80.7 Å². The number of nitrogens with one attached hydrogen (secondary N) is 1. The molecule has 0 radical (unpaired) electrons. The molecule has 2 aromatic carbocycles. The summed E-state index contributed by atoms with van der Waals surface area (Å²) in [4.78, 5) is 16.7. The van der Waals surface area contributed by atoms with Crippen LogP contribution < -0.4 is 0 Å². The van der Waals surface area contributed by atoms with Crippen LogP contribution in [0.3, 0.4) is 0 Å². The Morgan fingerprint density at radius 2 is 1.84 bits per heavy atom. The molecule has 0 fully saturated rings. The van der Waals surface area contributed by atoms with Gasteiger partial charge in [0.05, 0.1) is 5.57 Å². The lowest BCUT2D eigenvalue weighted by Crippen LogP contribution is -2.35. The Morgan fingerprint density at radius 1 is 1.09 bits per heavy atom. The van der Waals surface area contributed by atoms with Crippen LogP contribution in [0.5, 0.6) is 0 Å². The molecule has 0 unspecified atom stereocenters. The number of amidine groups is 2. The molecule has 6 nitrogen and oxygen atoms in total. The summed E-state index contributed by atoms with van der Waals surface area (Å²) in [7, 11) is 0. The number of amides is 1. The smallest absolute Gasteiger partial charge is 0.283 e. The van der Waals surface area contributed by atoms with Crippen molar-refractivity contribution in [1.82, 2.24) is 5.01 Å². The number of halogens is 2. The van der Waals surface area contributed by atoms with Crippen LogP contribution in [0.2, 0.25) is 5.02 Å². The number of nitrogens with zero attached hydrogens (tertiary/aromatic N) is 3. The maximum Gasteiger partial charge on any atom is 0.283 e. The number of furan rings is 1. The van der Waals surface area contributed by atoms with E-state index in [1.165, 1.54) is 35.0 Å². The van der Waals surface area contributed by atoms with Crippen molar-refractivity contribution >= 4 is 51.4 Å². The predicted octanol–water partition coefficient (Wildman–Crippen LogP) is 5.60. The number of carbonyl (C=O) groups excluding carboxylic acids is 1. The molecule has 158 valence electrons. The van der Waals surface area contributed by atoms with Crippen molar-refractivity contribution in [2.45, 2.75) is 6.42 Å². The van der Waals surface area contributed by atoms with Gasteiger partial charge in [0, 0.05) is 17.0 Å². The van der Waals surface area contributed by atoms with Crippen molar-refractivity contribution in [3.05, 3.63) is 88.4 Å². The molecule has 2 aliphatic heterocycles. The molecule has 0 bridgehead atoms. The second kappa shape index (κ2) is 8.22. The van der Waals surface area contributed by atoms with Gasteiger partial charge in [0.15, 0.2) is 5.84 Å². The number of hydrazone groups is 1. The van der Waals surface area contributed by atoms with Gasteiger partial charge in [-0.25, -0.2) is 4.39 Å². The van der Waals surface area contributed by atoms with E-state index in [0.717, 1.165) is 10.6 Å². The van der Waals surface area contributed by atoms with Crippen molar-refractivity contribution in [3.63, 3.8) is 0 Å². The summed E-state index contributed by atoms with van der Waals surface area (Å²) in [5.74, 6) is -0.0316. The van der Waals surface area contributed by atoms with Crippen LogP contribution in [0.1, 0.15) is 11.3 Å². The Balaban J connectivity index is 1.38. The first-order valence-electron chi connectivity index (χ1n) is 9.55. The molecule has 1 N–H and O–H groups in total. The van der Waals surface area contributed by atoms with Crippen molar-refractivity contribution in [1.29, 1.82) is 5.41 Å². The van der Waals surface area contributed by atoms with E-state index in [0.29, 0.717) is 33.7 Å². The summed E-state index contributed by atoms with van der Waals surface area (Å²) in [6.45, 7) is 0. The summed E-state index contributed by atoms with van der Waals surface area (Å²) in [6, 6.07) is 16.7. The summed E-state index contributed by atoms with van der Waals surface area (Å²) in [5.41, 5.74) is 1.79. The molecule has 3 heterocycles. The van der Waals surface area contributed by atoms with Gasteiger partial charge in [0.25, 0.3) is 5.91 Å². The molecule has 9 heteroatoms. The maximum absolute atomic E-state index is 13.1. The van der Waals surface area contributed by atoms with Crippen LogP contribution in [0, 0.1) is 11.2 Å². The zero-order valence-electron chi connectivity index (χ0n) is 16.4. The largest absolute Gasteiger partial charge is 0.457 e. The lowest BCUT2D eigenvalue weighted by Gasteiger charge is -2.19. The summed E-state index contributed by atoms with van der Waals surface area (Å²) >= 11 is 7.19. The fourth-order valence-electron chi connectivity index (χ4n) is 3.22. The summed E-state index contributed by atoms with van der Waals surface area (Å²) in [5, 5.41) is 16.0. The second-order valence-corrected chi connectivity index (χ2v) is 8.50. The van der Waals surface area contributed by atoms with Gasteiger partial charge >= 0.3 is 0 Å². The van der Waals surface area contributed by atoms with Gasteiger partial charge in [0.1, 0.15) is 22.4 Å². The van der Waals surface area contributed by atoms with Crippen molar-refractivity contribution in [2.75, 3.05) is 0 Å². The fraction of sp³-hybridized carbons (Fsp3) is 0.0435. The van der Waals surface area contributed by atoms with E-state index in [1.807, 2.05) is 12.1 Å². The minimum absolute atomic E-state index is 0.0710. The number of fused-ring (bicyclic) bond motifs is 1. The normalized spacial score (nSPS) is 16.9. The fourth-order valence-corrected chi connectivity index (χ4v) is 4.27. The third kappa shape index (κ3) is 4.02. The van der Waals surface area contributed by atoms with Crippen molar-refractivity contribution < 1.29 is 13.6 Å². The minimum Gasteiger partial charge on any atom is -0.457 e. The lowest BCUT2D eigenvalue weighted by atomic mass is 10.1. The van der Waals surface area contributed by atoms with Crippen LogP contribution >= 0.6 is 23.4 Å².